The van der Waals surface area contributed by atoms with E-state index in [0.29, 0.717) is 24.7 Å². The lowest BCUT2D eigenvalue weighted by atomic mass is 10.0. The van der Waals surface area contributed by atoms with E-state index in [1.807, 2.05) is 4.90 Å². The molecule has 0 radical (unpaired) electrons. The highest BCUT2D eigenvalue weighted by Gasteiger charge is 2.32. The van der Waals surface area contributed by atoms with E-state index in [2.05, 4.69) is 6.92 Å². The van der Waals surface area contributed by atoms with Gasteiger partial charge < -0.3 is 9.80 Å². The molecule has 0 atom stereocenters. The molecule has 0 N–H and O–H groups in total. The molecule has 2 saturated heterocycles. The van der Waals surface area contributed by atoms with Gasteiger partial charge in [-0.3, -0.25) is 9.59 Å². The number of carbonyl (C=O) groups excluding carboxylic acids is 2. The molecule has 4 rings (SSSR count). The fraction of sp³-hybridized carbons (Fsp3) is 0.636. The molecule has 0 aliphatic carbocycles. The maximum Gasteiger partial charge on any atom is 0.243 e. The third-order valence-electron chi connectivity index (χ3n) is 6.51. The zero-order valence-corrected chi connectivity index (χ0v) is 19.7. The highest BCUT2D eigenvalue weighted by atomic mass is 32.2. The Labute approximate surface area is 189 Å². The number of likely N-dealkylation sites (tertiary alicyclic amines) is 1. The predicted octanol–water partition coefficient (Wildman–Crippen LogP) is 2.95. The molecule has 7 nitrogen and oxygen atoms in total. The van der Waals surface area contributed by atoms with Gasteiger partial charge in [0.1, 0.15) is 6.54 Å². The van der Waals surface area contributed by atoms with Crippen LogP contribution < -0.4 is 4.90 Å². The minimum Gasteiger partial charge on any atom is -0.341 e. The van der Waals surface area contributed by atoms with Crippen LogP contribution in [0, 0.1) is 5.92 Å². The molecular formula is C22H31N3O4S2. The Hall–Kier alpha value is -1.58. The van der Waals surface area contributed by atoms with Gasteiger partial charge in [-0.1, -0.05) is 19.8 Å². The number of fused-ring (bicyclic) bond motifs is 1. The van der Waals surface area contributed by atoms with Crippen LogP contribution in [-0.2, 0) is 19.6 Å². The van der Waals surface area contributed by atoms with Gasteiger partial charge in [-0.05, 0) is 49.8 Å². The first-order valence-corrected chi connectivity index (χ1v) is 13.6. The second-order valence-corrected chi connectivity index (χ2v) is 11.7. The first kappa shape index (κ1) is 22.6. The number of sulfonamides is 1. The quantitative estimate of drug-likeness (QED) is 0.683. The van der Waals surface area contributed by atoms with E-state index in [-0.39, 0.29) is 29.0 Å². The fourth-order valence-corrected chi connectivity index (χ4v) is 6.85. The van der Waals surface area contributed by atoms with Gasteiger partial charge in [-0.2, -0.15) is 4.31 Å². The molecule has 31 heavy (non-hydrogen) atoms. The van der Waals surface area contributed by atoms with Crippen LogP contribution in [0.1, 0.15) is 45.4 Å². The van der Waals surface area contributed by atoms with Crippen LogP contribution in [0.15, 0.2) is 28.0 Å². The molecule has 0 spiro atoms. The van der Waals surface area contributed by atoms with Crippen molar-refractivity contribution >= 4 is 39.3 Å². The van der Waals surface area contributed by atoms with E-state index in [4.69, 9.17) is 0 Å². The SMILES string of the molecule is CC1CCN(S(=O)(=O)c2ccc3c(c2)N(CC(=O)N2CCCCCC2)C(=O)CS3)CC1. The van der Waals surface area contributed by atoms with Crippen molar-refractivity contribution in [3.8, 4) is 0 Å². The molecule has 0 saturated carbocycles. The Morgan fingerprint density at radius 2 is 1.74 bits per heavy atom. The van der Waals surface area contributed by atoms with Crippen LogP contribution in [0.2, 0.25) is 0 Å². The molecule has 1 aromatic carbocycles. The van der Waals surface area contributed by atoms with E-state index in [9.17, 15) is 18.0 Å². The monoisotopic (exact) mass is 465 g/mol. The summed E-state index contributed by atoms with van der Waals surface area (Å²) in [5.74, 6) is 0.578. The molecule has 2 amide bonds. The smallest absolute Gasteiger partial charge is 0.243 e. The lowest BCUT2D eigenvalue weighted by molar-refractivity contribution is -0.131. The van der Waals surface area contributed by atoms with E-state index in [0.717, 1.165) is 56.5 Å². The van der Waals surface area contributed by atoms with Crippen LogP contribution in [0.5, 0.6) is 0 Å². The summed E-state index contributed by atoms with van der Waals surface area (Å²) in [6.45, 7) is 4.60. The third-order valence-corrected chi connectivity index (χ3v) is 9.45. The van der Waals surface area contributed by atoms with Crippen LogP contribution in [0.3, 0.4) is 0 Å². The summed E-state index contributed by atoms with van der Waals surface area (Å²) < 4.78 is 28.0. The molecule has 1 aromatic rings. The Kier molecular flexibility index (Phi) is 6.93. The van der Waals surface area contributed by atoms with Gasteiger partial charge in [-0.25, -0.2) is 8.42 Å². The van der Waals surface area contributed by atoms with Crippen LogP contribution in [0.4, 0.5) is 5.69 Å². The molecule has 9 heteroatoms. The number of piperidine rings is 1. The zero-order chi connectivity index (χ0) is 22.0. The average Bonchev–Trinajstić information content (AvgIpc) is 3.05. The van der Waals surface area contributed by atoms with Crippen molar-refractivity contribution < 1.29 is 18.0 Å². The number of benzene rings is 1. The molecule has 0 aromatic heterocycles. The maximum atomic E-state index is 13.2. The van der Waals surface area contributed by atoms with Crippen molar-refractivity contribution in [2.75, 3.05) is 43.4 Å². The van der Waals surface area contributed by atoms with Crippen LogP contribution in [-0.4, -0.2) is 67.9 Å². The second-order valence-electron chi connectivity index (χ2n) is 8.78. The lowest BCUT2D eigenvalue weighted by Crippen LogP contribution is -2.45. The lowest BCUT2D eigenvalue weighted by Gasteiger charge is -2.32. The number of nitrogens with zero attached hydrogens (tertiary/aromatic N) is 3. The van der Waals surface area contributed by atoms with Crippen molar-refractivity contribution in [1.29, 1.82) is 0 Å². The number of carbonyl (C=O) groups is 2. The summed E-state index contributed by atoms with van der Waals surface area (Å²) in [5.41, 5.74) is 0.538. The molecule has 0 unspecified atom stereocenters. The van der Waals surface area contributed by atoms with Crippen LogP contribution >= 0.6 is 11.8 Å². The van der Waals surface area contributed by atoms with Crippen molar-refractivity contribution in [3.63, 3.8) is 0 Å². The van der Waals surface area contributed by atoms with Gasteiger partial charge in [0.05, 0.1) is 16.3 Å². The Morgan fingerprint density at radius 1 is 1.06 bits per heavy atom. The zero-order valence-electron chi connectivity index (χ0n) is 18.1. The average molecular weight is 466 g/mol. The van der Waals surface area contributed by atoms with Gasteiger partial charge in [0.2, 0.25) is 21.8 Å². The number of thioether (sulfide) groups is 1. The number of amides is 2. The minimum absolute atomic E-state index is 0.0306. The van der Waals surface area contributed by atoms with E-state index in [1.165, 1.54) is 16.7 Å². The Balaban J connectivity index is 1.58. The summed E-state index contributed by atoms with van der Waals surface area (Å²) in [7, 11) is -3.62. The maximum absolute atomic E-state index is 13.2. The second kappa shape index (κ2) is 9.50. The highest BCUT2D eigenvalue weighted by Crippen LogP contribution is 2.38. The van der Waals surface area contributed by atoms with Gasteiger partial charge in [0, 0.05) is 31.1 Å². The molecule has 3 aliphatic heterocycles. The van der Waals surface area contributed by atoms with Crippen molar-refractivity contribution in [1.82, 2.24) is 9.21 Å². The summed E-state index contributed by atoms with van der Waals surface area (Å²) in [4.78, 5) is 30.0. The van der Waals surface area contributed by atoms with E-state index >= 15 is 0 Å². The number of rotatable bonds is 4. The highest BCUT2D eigenvalue weighted by molar-refractivity contribution is 8.00. The molecule has 3 aliphatic rings. The Morgan fingerprint density at radius 3 is 2.42 bits per heavy atom. The van der Waals surface area contributed by atoms with Crippen LogP contribution in [0.25, 0.3) is 0 Å². The third kappa shape index (κ3) is 4.93. The number of hydrogen-bond donors (Lipinski definition) is 0. The predicted molar refractivity (Wildman–Crippen MR) is 122 cm³/mol. The number of hydrogen-bond acceptors (Lipinski definition) is 5. The van der Waals surface area contributed by atoms with Crippen molar-refractivity contribution in [3.05, 3.63) is 18.2 Å². The first-order valence-electron chi connectivity index (χ1n) is 11.2. The van der Waals surface area contributed by atoms with Gasteiger partial charge in [0.15, 0.2) is 0 Å². The fourth-order valence-electron chi connectivity index (χ4n) is 4.45. The molecule has 0 bridgehead atoms. The van der Waals surface area contributed by atoms with Gasteiger partial charge in [0.25, 0.3) is 0 Å². The summed E-state index contributed by atoms with van der Waals surface area (Å²) in [6.07, 6.45) is 5.95. The first-order chi connectivity index (χ1) is 14.9. The summed E-state index contributed by atoms with van der Waals surface area (Å²) in [6, 6.07) is 4.99. The summed E-state index contributed by atoms with van der Waals surface area (Å²) >= 11 is 1.40. The standard InChI is InChI=1S/C22H31N3O4S2/c1-17-8-12-24(13-9-17)31(28,29)18-6-7-20-19(14-18)25(22(27)16-30-20)15-21(26)23-10-4-2-3-5-11-23/h6-7,14,17H,2-5,8-13,15-16H2,1H3. The summed E-state index contributed by atoms with van der Waals surface area (Å²) in [5, 5.41) is 0. The molecule has 2 fully saturated rings. The van der Waals surface area contributed by atoms with Gasteiger partial charge >= 0.3 is 0 Å². The van der Waals surface area contributed by atoms with E-state index < -0.39 is 10.0 Å². The van der Waals surface area contributed by atoms with Gasteiger partial charge in [-0.15, -0.1) is 11.8 Å². The molecule has 170 valence electrons. The molecule has 3 heterocycles. The van der Waals surface area contributed by atoms with Crippen molar-refractivity contribution in [2.45, 2.75) is 55.2 Å². The van der Waals surface area contributed by atoms with Crippen molar-refractivity contribution in [2.24, 2.45) is 5.92 Å². The molecular weight excluding hydrogens is 434 g/mol. The van der Waals surface area contributed by atoms with E-state index in [1.54, 1.807) is 22.5 Å². The minimum atomic E-state index is -3.62. The largest absolute Gasteiger partial charge is 0.341 e. The topological polar surface area (TPSA) is 78.0 Å². The number of anilines is 1. The Bertz CT molecular complexity index is 934. The normalized spacial score (nSPS) is 21.6.